The van der Waals surface area contributed by atoms with Crippen LogP contribution in [-0.4, -0.2) is 43.0 Å². The van der Waals surface area contributed by atoms with Crippen molar-refractivity contribution in [2.24, 2.45) is 11.5 Å². The van der Waals surface area contributed by atoms with Gasteiger partial charge in [0.05, 0.1) is 18.1 Å². The first-order valence-electron chi connectivity index (χ1n) is 9.53. The third-order valence-electron chi connectivity index (χ3n) is 4.98. The van der Waals surface area contributed by atoms with Gasteiger partial charge in [-0.05, 0) is 31.0 Å². The van der Waals surface area contributed by atoms with E-state index in [9.17, 15) is 4.79 Å². The molecule has 0 radical (unpaired) electrons. The van der Waals surface area contributed by atoms with Crippen molar-refractivity contribution in [3.05, 3.63) is 48.4 Å². The van der Waals surface area contributed by atoms with E-state index in [-0.39, 0.29) is 17.6 Å². The first kappa shape index (κ1) is 18.8. The summed E-state index contributed by atoms with van der Waals surface area (Å²) in [6, 6.07) is 7.64. The average Bonchev–Trinajstić information content (AvgIpc) is 3.25. The third kappa shape index (κ3) is 4.32. The number of carbonyl (C=O) groups is 1. The smallest absolute Gasteiger partial charge is 0.254 e. The molecule has 1 aliphatic rings. The van der Waals surface area contributed by atoms with Crippen molar-refractivity contribution in [2.75, 3.05) is 10.6 Å². The van der Waals surface area contributed by atoms with Crippen LogP contribution in [0.1, 0.15) is 36.0 Å². The molecule has 0 bridgehead atoms. The van der Waals surface area contributed by atoms with Crippen molar-refractivity contribution >= 4 is 23.4 Å². The minimum atomic E-state index is -0.610. The summed E-state index contributed by atoms with van der Waals surface area (Å²) in [5.74, 6) is 0.128. The van der Waals surface area contributed by atoms with E-state index in [1.165, 1.54) is 6.20 Å². The van der Waals surface area contributed by atoms with Crippen LogP contribution in [0.15, 0.2) is 42.9 Å². The summed E-state index contributed by atoms with van der Waals surface area (Å²) in [5, 5.41) is 14.3. The number of nitrogens with two attached hydrogens (primary N) is 2. The largest absolute Gasteiger partial charge is 0.365 e. The second-order valence-electron chi connectivity index (χ2n) is 7.04. The Labute approximate surface area is 167 Å². The molecule has 2 atom stereocenters. The zero-order valence-corrected chi connectivity index (χ0v) is 15.8. The van der Waals surface area contributed by atoms with Crippen LogP contribution in [0, 0.1) is 0 Å². The highest BCUT2D eigenvalue weighted by Gasteiger charge is 2.23. The van der Waals surface area contributed by atoms with Crippen LogP contribution in [0.25, 0.3) is 5.69 Å². The van der Waals surface area contributed by atoms with Gasteiger partial charge in [-0.15, -0.1) is 5.10 Å². The van der Waals surface area contributed by atoms with E-state index in [0.29, 0.717) is 11.8 Å². The SMILES string of the molecule is NC(=O)c1cnc(N[C@@H]2CCCC[C@@H]2N)nc1Nc1cccc(-n2ccnn2)c1. The molecule has 0 spiro atoms. The van der Waals surface area contributed by atoms with E-state index in [1.807, 2.05) is 24.3 Å². The number of carbonyl (C=O) groups excluding carboxylic acids is 1. The van der Waals surface area contributed by atoms with Crippen molar-refractivity contribution in [1.29, 1.82) is 0 Å². The van der Waals surface area contributed by atoms with Crippen LogP contribution in [0.5, 0.6) is 0 Å². The summed E-state index contributed by atoms with van der Waals surface area (Å²) in [5.41, 5.74) is 13.5. The van der Waals surface area contributed by atoms with Gasteiger partial charge in [-0.1, -0.05) is 24.1 Å². The van der Waals surface area contributed by atoms with Gasteiger partial charge in [-0.3, -0.25) is 4.79 Å². The van der Waals surface area contributed by atoms with Gasteiger partial charge < -0.3 is 22.1 Å². The van der Waals surface area contributed by atoms with Crippen molar-refractivity contribution in [3.63, 3.8) is 0 Å². The number of aromatic nitrogens is 5. The lowest BCUT2D eigenvalue weighted by atomic mass is 9.91. The van der Waals surface area contributed by atoms with E-state index in [0.717, 1.165) is 37.1 Å². The van der Waals surface area contributed by atoms with Gasteiger partial charge >= 0.3 is 0 Å². The first-order valence-corrected chi connectivity index (χ1v) is 9.53. The van der Waals surface area contributed by atoms with Gasteiger partial charge in [-0.25, -0.2) is 9.67 Å². The molecule has 10 nitrogen and oxygen atoms in total. The molecule has 1 saturated carbocycles. The lowest BCUT2D eigenvalue weighted by Crippen LogP contribution is -2.43. The highest BCUT2D eigenvalue weighted by Crippen LogP contribution is 2.24. The Balaban J connectivity index is 1.60. The Bertz CT molecular complexity index is 989. The van der Waals surface area contributed by atoms with Crippen LogP contribution in [0.2, 0.25) is 0 Å². The summed E-state index contributed by atoms with van der Waals surface area (Å²) in [6.45, 7) is 0. The molecule has 1 amide bonds. The zero-order valence-electron chi connectivity index (χ0n) is 15.8. The van der Waals surface area contributed by atoms with E-state index in [4.69, 9.17) is 11.5 Å². The molecule has 2 heterocycles. The lowest BCUT2D eigenvalue weighted by molar-refractivity contribution is 0.100. The summed E-state index contributed by atoms with van der Waals surface area (Å²) < 4.78 is 1.64. The standard InChI is InChI=1S/C19H23N9O/c20-15-6-1-2-7-16(15)25-19-22-11-14(17(21)29)18(26-19)24-12-4-3-5-13(10-12)28-9-8-23-27-28/h3-5,8-11,15-16H,1-2,6-7,20H2,(H2,21,29)(H2,22,24,25,26)/t15-,16+/m0/s1. The molecule has 29 heavy (non-hydrogen) atoms. The van der Waals surface area contributed by atoms with E-state index in [1.54, 1.807) is 17.1 Å². The van der Waals surface area contributed by atoms with E-state index < -0.39 is 5.91 Å². The maximum Gasteiger partial charge on any atom is 0.254 e. The Kier molecular flexibility index (Phi) is 5.34. The average molecular weight is 393 g/mol. The number of rotatable bonds is 6. The van der Waals surface area contributed by atoms with Gasteiger partial charge in [0.15, 0.2) is 0 Å². The number of primary amides is 1. The Morgan fingerprint density at radius 1 is 1.24 bits per heavy atom. The quantitative estimate of drug-likeness (QED) is 0.493. The highest BCUT2D eigenvalue weighted by molar-refractivity contribution is 5.98. The van der Waals surface area contributed by atoms with Crippen LogP contribution in [0.3, 0.4) is 0 Å². The topological polar surface area (TPSA) is 150 Å². The minimum Gasteiger partial charge on any atom is -0.365 e. The molecule has 3 aromatic rings. The van der Waals surface area contributed by atoms with Crippen LogP contribution < -0.4 is 22.1 Å². The molecular weight excluding hydrogens is 370 g/mol. The number of nitrogens with zero attached hydrogens (tertiary/aromatic N) is 5. The summed E-state index contributed by atoms with van der Waals surface area (Å²) in [7, 11) is 0. The zero-order chi connectivity index (χ0) is 20.2. The fourth-order valence-corrected chi connectivity index (χ4v) is 3.44. The maximum atomic E-state index is 11.9. The Hall–Kier alpha value is -3.53. The fraction of sp³-hybridized carbons (Fsp3) is 0.316. The molecular formula is C19H23N9O. The minimum absolute atomic E-state index is 0.0546. The van der Waals surface area contributed by atoms with Crippen molar-refractivity contribution < 1.29 is 4.79 Å². The number of anilines is 3. The fourth-order valence-electron chi connectivity index (χ4n) is 3.44. The number of amides is 1. The number of benzene rings is 1. The molecule has 10 heteroatoms. The predicted molar refractivity (Wildman–Crippen MR) is 109 cm³/mol. The molecule has 1 aliphatic carbocycles. The Morgan fingerprint density at radius 3 is 2.86 bits per heavy atom. The molecule has 1 aromatic carbocycles. The molecule has 4 rings (SSSR count). The van der Waals surface area contributed by atoms with Gasteiger partial charge in [0.2, 0.25) is 5.95 Å². The number of hydrogen-bond donors (Lipinski definition) is 4. The molecule has 1 fully saturated rings. The van der Waals surface area contributed by atoms with Gasteiger partial charge in [0.25, 0.3) is 5.91 Å². The molecule has 0 saturated heterocycles. The lowest BCUT2D eigenvalue weighted by Gasteiger charge is -2.29. The van der Waals surface area contributed by atoms with Crippen molar-refractivity contribution in [2.45, 2.75) is 37.8 Å². The summed E-state index contributed by atoms with van der Waals surface area (Å²) in [6.07, 6.45) is 8.95. The highest BCUT2D eigenvalue weighted by atomic mass is 16.1. The van der Waals surface area contributed by atoms with Crippen LogP contribution in [0.4, 0.5) is 17.5 Å². The third-order valence-corrected chi connectivity index (χ3v) is 4.98. The molecule has 150 valence electrons. The summed E-state index contributed by atoms with van der Waals surface area (Å²) in [4.78, 5) is 20.6. The predicted octanol–water partition coefficient (Wildman–Crippen LogP) is 1.58. The van der Waals surface area contributed by atoms with Crippen LogP contribution in [-0.2, 0) is 0 Å². The molecule has 0 aliphatic heterocycles. The van der Waals surface area contributed by atoms with E-state index in [2.05, 4.69) is 30.9 Å². The van der Waals surface area contributed by atoms with Crippen molar-refractivity contribution in [1.82, 2.24) is 25.0 Å². The number of nitrogens with one attached hydrogen (secondary N) is 2. The maximum absolute atomic E-state index is 11.9. The van der Waals surface area contributed by atoms with E-state index >= 15 is 0 Å². The van der Waals surface area contributed by atoms with Gasteiger partial charge in [0.1, 0.15) is 11.4 Å². The Morgan fingerprint density at radius 2 is 2.10 bits per heavy atom. The molecule has 2 aromatic heterocycles. The number of hydrogen-bond acceptors (Lipinski definition) is 8. The van der Waals surface area contributed by atoms with Gasteiger partial charge in [-0.2, -0.15) is 4.98 Å². The monoisotopic (exact) mass is 393 g/mol. The first-order chi connectivity index (χ1) is 14.1. The summed E-state index contributed by atoms with van der Waals surface area (Å²) >= 11 is 0. The van der Waals surface area contributed by atoms with Crippen molar-refractivity contribution in [3.8, 4) is 5.69 Å². The normalized spacial score (nSPS) is 18.9. The van der Waals surface area contributed by atoms with Gasteiger partial charge in [0, 0.05) is 24.0 Å². The second-order valence-corrected chi connectivity index (χ2v) is 7.04. The van der Waals surface area contributed by atoms with Crippen LogP contribution >= 0.6 is 0 Å². The second kappa shape index (κ2) is 8.23. The molecule has 0 unspecified atom stereocenters. The molecule has 6 N–H and O–H groups in total.